The van der Waals surface area contributed by atoms with Gasteiger partial charge in [0.2, 0.25) is 11.8 Å². The largest absolute Gasteiger partial charge is 0.481 e. The number of benzene rings is 1. The fourth-order valence-corrected chi connectivity index (χ4v) is 2.85. The van der Waals surface area contributed by atoms with Gasteiger partial charge in [-0.2, -0.15) is 0 Å². The second-order valence-electron chi connectivity index (χ2n) is 5.60. The van der Waals surface area contributed by atoms with Crippen molar-refractivity contribution in [1.29, 1.82) is 0 Å². The molecule has 1 saturated carbocycles. The second-order valence-corrected chi connectivity index (χ2v) is 6.04. The van der Waals surface area contributed by atoms with E-state index in [0.717, 1.165) is 5.69 Å². The molecule has 1 aliphatic heterocycles. The molecule has 3 rings (SSSR count). The quantitative estimate of drug-likeness (QED) is 0.874. The van der Waals surface area contributed by atoms with Crippen molar-refractivity contribution in [3.63, 3.8) is 0 Å². The first kappa shape index (κ1) is 14.8. The molecule has 1 aromatic rings. The highest BCUT2D eigenvalue weighted by Gasteiger charge is 2.49. The number of carbonyl (C=O) groups excluding carboxylic acids is 2. The molecule has 1 aliphatic carbocycles. The second kappa shape index (κ2) is 5.61. The maximum Gasteiger partial charge on any atom is 0.307 e. The van der Waals surface area contributed by atoms with Gasteiger partial charge in [-0.25, -0.2) is 0 Å². The van der Waals surface area contributed by atoms with Gasteiger partial charge in [-0.3, -0.25) is 14.4 Å². The Labute approximate surface area is 132 Å². The average molecular weight is 323 g/mol. The Bertz CT molecular complexity index is 631. The summed E-state index contributed by atoms with van der Waals surface area (Å²) in [6.45, 7) is 0.512. The van der Waals surface area contributed by atoms with Crippen LogP contribution in [0.1, 0.15) is 12.8 Å². The van der Waals surface area contributed by atoms with E-state index in [0.29, 0.717) is 24.4 Å². The van der Waals surface area contributed by atoms with Crippen LogP contribution in [0.4, 0.5) is 5.69 Å². The number of hydrogen-bond acceptors (Lipinski definition) is 3. The van der Waals surface area contributed by atoms with Crippen LogP contribution in [0.5, 0.6) is 0 Å². The predicted octanol–water partition coefficient (Wildman–Crippen LogP) is 1.28. The lowest BCUT2D eigenvalue weighted by Gasteiger charge is -2.17. The molecule has 2 aliphatic rings. The highest BCUT2D eigenvalue weighted by Crippen LogP contribution is 2.39. The van der Waals surface area contributed by atoms with Crippen molar-refractivity contribution < 1.29 is 19.5 Å². The number of halogens is 1. The normalized spacial score (nSPS) is 26.9. The Kier molecular flexibility index (Phi) is 3.78. The SMILES string of the molecule is O=C(N[C@@H]1CCN(c2ccc(Cl)cc2)C1=O)[C@H]1C[C@H]1C(=O)O. The van der Waals surface area contributed by atoms with E-state index in [1.54, 1.807) is 29.2 Å². The highest BCUT2D eigenvalue weighted by molar-refractivity contribution is 6.30. The molecule has 1 saturated heterocycles. The molecule has 3 atom stereocenters. The molecule has 0 unspecified atom stereocenters. The number of amides is 2. The Hall–Kier alpha value is -2.08. The van der Waals surface area contributed by atoms with Crippen LogP contribution in [0.15, 0.2) is 24.3 Å². The Morgan fingerprint density at radius 1 is 1.23 bits per heavy atom. The monoisotopic (exact) mass is 322 g/mol. The fourth-order valence-electron chi connectivity index (χ4n) is 2.73. The van der Waals surface area contributed by atoms with Gasteiger partial charge >= 0.3 is 5.97 Å². The molecule has 2 amide bonds. The van der Waals surface area contributed by atoms with Crippen LogP contribution in [-0.2, 0) is 14.4 Å². The molecule has 0 bridgehead atoms. The number of nitrogens with one attached hydrogen (secondary N) is 1. The molecule has 0 radical (unpaired) electrons. The van der Waals surface area contributed by atoms with Crippen molar-refractivity contribution in [3.05, 3.63) is 29.3 Å². The predicted molar refractivity (Wildman–Crippen MR) is 79.6 cm³/mol. The van der Waals surface area contributed by atoms with E-state index < -0.39 is 23.8 Å². The van der Waals surface area contributed by atoms with Gasteiger partial charge in [0.15, 0.2) is 0 Å². The number of carboxylic acids is 1. The Morgan fingerprint density at radius 3 is 2.50 bits per heavy atom. The van der Waals surface area contributed by atoms with Crippen molar-refractivity contribution in [1.82, 2.24) is 5.32 Å². The van der Waals surface area contributed by atoms with Gasteiger partial charge in [0.1, 0.15) is 6.04 Å². The number of carboxylic acid groups (broad SMARTS) is 1. The maximum atomic E-state index is 12.3. The number of rotatable bonds is 4. The molecule has 2 N–H and O–H groups in total. The van der Waals surface area contributed by atoms with Crippen LogP contribution in [0.3, 0.4) is 0 Å². The van der Waals surface area contributed by atoms with E-state index >= 15 is 0 Å². The van der Waals surface area contributed by atoms with Gasteiger partial charge in [-0.1, -0.05) is 11.6 Å². The first-order valence-corrected chi connectivity index (χ1v) is 7.45. The topological polar surface area (TPSA) is 86.7 Å². The number of anilines is 1. The molecule has 7 heteroatoms. The van der Waals surface area contributed by atoms with E-state index in [9.17, 15) is 14.4 Å². The van der Waals surface area contributed by atoms with Gasteiger partial charge in [-0.15, -0.1) is 0 Å². The summed E-state index contributed by atoms with van der Waals surface area (Å²) < 4.78 is 0. The lowest BCUT2D eigenvalue weighted by atomic mass is 10.2. The molecular formula is C15H15ClN2O4. The fraction of sp³-hybridized carbons (Fsp3) is 0.400. The third-order valence-corrected chi connectivity index (χ3v) is 4.36. The molecule has 22 heavy (non-hydrogen) atoms. The summed E-state index contributed by atoms with van der Waals surface area (Å²) in [5.41, 5.74) is 0.737. The molecular weight excluding hydrogens is 308 g/mol. The van der Waals surface area contributed by atoms with Gasteiger partial charge < -0.3 is 15.3 Å². The molecule has 0 spiro atoms. The van der Waals surface area contributed by atoms with Crippen molar-refractivity contribution in [3.8, 4) is 0 Å². The summed E-state index contributed by atoms with van der Waals surface area (Å²) in [4.78, 5) is 36.7. The van der Waals surface area contributed by atoms with Crippen molar-refractivity contribution in [2.45, 2.75) is 18.9 Å². The number of aliphatic carboxylic acids is 1. The minimum Gasteiger partial charge on any atom is -0.481 e. The Balaban J connectivity index is 1.61. The van der Waals surface area contributed by atoms with Gasteiger partial charge in [0, 0.05) is 17.3 Å². The van der Waals surface area contributed by atoms with Gasteiger partial charge in [-0.05, 0) is 37.1 Å². The summed E-state index contributed by atoms with van der Waals surface area (Å²) in [5, 5.41) is 12.1. The lowest BCUT2D eigenvalue weighted by Crippen LogP contribution is -2.42. The summed E-state index contributed by atoms with van der Waals surface area (Å²) in [5.74, 6) is -2.59. The Morgan fingerprint density at radius 2 is 1.91 bits per heavy atom. The van der Waals surface area contributed by atoms with Crippen LogP contribution >= 0.6 is 11.6 Å². The highest BCUT2D eigenvalue weighted by atomic mass is 35.5. The van der Waals surface area contributed by atoms with Crippen molar-refractivity contribution >= 4 is 35.1 Å². The van der Waals surface area contributed by atoms with Crippen molar-refractivity contribution in [2.75, 3.05) is 11.4 Å². The minimum absolute atomic E-state index is 0.178. The van der Waals surface area contributed by atoms with E-state index in [1.165, 1.54) is 0 Å². The van der Waals surface area contributed by atoms with E-state index in [1.807, 2.05) is 0 Å². The van der Waals surface area contributed by atoms with Crippen LogP contribution < -0.4 is 10.2 Å². The molecule has 0 aromatic heterocycles. The van der Waals surface area contributed by atoms with E-state index in [2.05, 4.69) is 5.32 Å². The van der Waals surface area contributed by atoms with Crippen LogP contribution in [0.25, 0.3) is 0 Å². The number of nitrogens with zero attached hydrogens (tertiary/aromatic N) is 1. The minimum atomic E-state index is -0.958. The lowest BCUT2D eigenvalue weighted by molar-refractivity contribution is -0.140. The standard InChI is InChI=1S/C15H15ClN2O4/c16-8-1-3-9(4-2-8)18-6-5-12(14(18)20)17-13(19)10-7-11(10)15(21)22/h1-4,10-12H,5-7H2,(H,17,19)(H,21,22)/t10-,11+,12+/m0/s1. The van der Waals surface area contributed by atoms with Crippen LogP contribution in [0.2, 0.25) is 5.02 Å². The summed E-state index contributed by atoms with van der Waals surface area (Å²) in [6.07, 6.45) is 0.862. The van der Waals surface area contributed by atoms with Crippen molar-refractivity contribution in [2.24, 2.45) is 11.8 Å². The summed E-state index contributed by atoms with van der Waals surface area (Å²) in [7, 11) is 0. The maximum absolute atomic E-state index is 12.3. The number of carbonyl (C=O) groups is 3. The van der Waals surface area contributed by atoms with Crippen LogP contribution in [0, 0.1) is 11.8 Å². The van der Waals surface area contributed by atoms with E-state index in [4.69, 9.17) is 16.7 Å². The third-order valence-electron chi connectivity index (χ3n) is 4.10. The first-order valence-electron chi connectivity index (χ1n) is 7.07. The molecule has 116 valence electrons. The molecule has 1 heterocycles. The van der Waals surface area contributed by atoms with Gasteiger partial charge in [0.25, 0.3) is 0 Å². The summed E-state index contributed by atoms with van der Waals surface area (Å²) >= 11 is 5.82. The smallest absolute Gasteiger partial charge is 0.307 e. The third kappa shape index (κ3) is 2.78. The summed E-state index contributed by atoms with van der Waals surface area (Å²) in [6, 6.07) is 6.34. The molecule has 2 fully saturated rings. The van der Waals surface area contributed by atoms with Gasteiger partial charge in [0.05, 0.1) is 11.8 Å². The zero-order valence-corrected chi connectivity index (χ0v) is 12.4. The molecule has 1 aromatic carbocycles. The number of hydrogen-bond donors (Lipinski definition) is 2. The zero-order chi connectivity index (χ0) is 15.9. The first-order chi connectivity index (χ1) is 10.5. The van der Waals surface area contributed by atoms with E-state index in [-0.39, 0.29) is 11.8 Å². The van der Waals surface area contributed by atoms with Crippen LogP contribution in [-0.4, -0.2) is 35.5 Å². The molecule has 6 nitrogen and oxygen atoms in total. The average Bonchev–Trinajstić information content (AvgIpc) is 3.22. The zero-order valence-electron chi connectivity index (χ0n) is 11.7.